The van der Waals surface area contributed by atoms with Crippen molar-refractivity contribution in [3.63, 3.8) is 0 Å². The van der Waals surface area contributed by atoms with Crippen LogP contribution in [0.4, 0.5) is 0 Å². The van der Waals surface area contributed by atoms with Gasteiger partial charge in [0.1, 0.15) is 0 Å². The molecule has 0 aromatic rings. The third-order valence-corrected chi connectivity index (χ3v) is 8.62. The van der Waals surface area contributed by atoms with Crippen molar-refractivity contribution in [1.29, 1.82) is 0 Å². The molecule has 0 bridgehead atoms. The van der Waals surface area contributed by atoms with Crippen molar-refractivity contribution in [3.05, 3.63) is 0 Å². The first-order valence-electron chi connectivity index (χ1n) is 9.67. The Balaban J connectivity index is 1.63. The molecule has 1 aliphatic heterocycles. The summed E-state index contributed by atoms with van der Waals surface area (Å²) >= 11 is 0. The number of ether oxygens (including phenoxy) is 1. The fraction of sp³-hybridized carbons (Fsp3) is 0.950. The SMILES string of the molecule is CO[C@H]1C[C@H]2[C@@H]3CC[C@H]4N(C)C(=O)CC[C@]4(C)[C@H]3CC[C@]2(C)C1. The summed E-state index contributed by atoms with van der Waals surface area (Å²) < 4.78 is 5.76. The monoisotopic (exact) mass is 319 g/mol. The highest BCUT2D eigenvalue weighted by atomic mass is 16.5. The molecule has 0 unspecified atom stereocenters. The van der Waals surface area contributed by atoms with Crippen LogP contribution in [0.15, 0.2) is 0 Å². The molecule has 0 aromatic heterocycles. The Hall–Kier alpha value is -0.570. The van der Waals surface area contributed by atoms with E-state index in [1.807, 2.05) is 14.2 Å². The van der Waals surface area contributed by atoms with E-state index in [4.69, 9.17) is 4.74 Å². The van der Waals surface area contributed by atoms with Crippen LogP contribution < -0.4 is 0 Å². The molecule has 23 heavy (non-hydrogen) atoms. The van der Waals surface area contributed by atoms with Crippen molar-refractivity contribution < 1.29 is 9.53 Å². The van der Waals surface area contributed by atoms with Crippen LogP contribution in [0.5, 0.6) is 0 Å². The van der Waals surface area contributed by atoms with Gasteiger partial charge in [-0.3, -0.25) is 4.79 Å². The maximum Gasteiger partial charge on any atom is 0.222 e. The zero-order valence-electron chi connectivity index (χ0n) is 15.3. The number of amides is 1. The van der Waals surface area contributed by atoms with Crippen LogP contribution in [0.25, 0.3) is 0 Å². The quantitative estimate of drug-likeness (QED) is 0.734. The van der Waals surface area contributed by atoms with Crippen LogP contribution >= 0.6 is 0 Å². The summed E-state index contributed by atoms with van der Waals surface area (Å²) in [5.74, 6) is 2.88. The molecule has 7 atom stereocenters. The molecule has 1 saturated heterocycles. The second kappa shape index (κ2) is 5.21. The lowest BCUT2D eigenvalue weighted by Gasteiger charge is -2.61. The lowest BCUT2D eigenvalue weighted by molar-refractivity contribution is -0.156. The first-order chi connectivity index (χ1) is 10.9. The molecular formula is C20H33NO2. The van der Waals surface area contributed by atoms with E-state index in [0.29, 0.717) is 28.9 Å². The molecule has 3 aliphatic carbocycles. The van der Waals surface area contributed by atoms with E-state index >= 15 is 0 Å². The van der Waals surface area contributed by atoms with Gasteiger partial charge >= 0.3 is 0 Å². The Morgan fingerprint density at radius 1 is 1.13 bits per heavy atom. The van der Waals surface area contributed by atoms with Crippen molar-refractivity contribution >= 4 is 5.91 Å². The highest BCUT2D eigenvalue weighted by molar-refractivity contribution is 5.77. The van der Waals surface area contributed by atoms with E-state index in [2.05, 4.69) is 18.7 Å². The molecule has 1 heterocycles. The molecule has 3 saturated carbocycles. The maximum atomic E-state index is 12.2. The van der Waals surface area contributed by atoms with Crippen molar-refractivity contribution in [1.82, 2.24) is 4.90 Å². The summed E-state index contributed by atoms with van der Waals surface area (Å²) in [7, 11) is 3.94. The van der Waals surface area contributed by atoms with Crippen LogP contribution in [0, 0.1) is 28.6 Å². The smallest absolute Gasteiger partial charge is 0.222 e. The molecule has 0 radical (unpaired) electrons. The van der Waals surface area contributed by atoms with Gasteiger partial charge in [0.05, 0.1) is 6.10 Å². The molecule has 1 amide bonds. The largest absolute Gasteiger partial charge is 0.381 e. The number of carbonyl (C=O) groups excluding carboxylic acids is 1. The fourth-order valence-corrected chi connectivity index (χ4v) is 7.32. The van der Waals surface area contributed by atoms with Crippen molar-refractivity contribution in [2.75, 3.05) is 14.2 Å². The van der Waals surface area contributed by atoms with E-state index in [1.165, 1.54) is 38.5 Å². The van der Waals surface area contributed by atoms with Gasteiger partial charge in [0, 0.05) is 26.6 Å². The first kappa shape index (κ1) is 15.9. The Bertz CT molecular complexity index is 506. The van der Waals surface area contributed by atoms with Crippen molar-refractivity contribution in [3.8, 4) is 0 Å². The summed E-state index contributed by atoms with van der Waals surface area (Å²) in [6, 6.07) is 0.481. The second-order valence-electron chi connectivity index (χ2n) is 9.47. The predicted octanol–water partition coefficient (Wildman–Crippen LogP) is 3.86. The summed E-state index contributed by atoms with van der Waals surface area (Å²) in [5.41, 5.74) is 0.847. The molecule has 4 rings (SSSR count). The average Bonchev–Trinajstić information content (AvgIpc) is 2.88. The standard InChI is InChI=1S/C20H33NO2/c1-19-9-7-15-14(16(19)11-13(12-19)23-4)5-6-17-20(15,2)10-8-18(22)21(17)3/h13-17H,5-12H2,1-4H3/t13-,14+,15-,16-,17+,19+,20+/m0/s1. The number of carbonyl (C=O) groups is 1. The van der Waals surface area contributed by atoms with Gasteiger partial charge in [-0.25, -0.2) is 0 Å². The van der Waals surface area contributed by atoms with Crippen molar-refractivity contribution in [2.24, 2.45) is 28.6 Å². The Morgan fingerprint density at radius 2 is 1.91 bits per heavy atom. The van der Waals surface area contributed by atoms with Gasteiger partial charge in [0.15, 0.2) is 0 Å². The zero-order chi connectivity index (χ0) is 16.4. The van der Waals surface area contributed by atoms with Gasteiger partial charge in [-0.15, -0.1) is 0 Å². The van der Waals surface area contributed by atoms with E-state index in [1.54, 1.807) is 0 Å². The minimum absolute atomic E-state index is 0.345. The predicted molar refractivity (Wildman–Crippen MR) is 91.0 cm³/mol. The first-order valence-corrected chi connectivity index (χ1v) is 9.67. The molecule has 4 fully saturated rings. The van der Waals surface area contributed by atoms with Gasteiger partial charge in [0.2, 0.25) is 5.91 Å². The fourth-order valence-electron chi connectivity index (χ4n) is 7.32. The number of nitrogens with zero attached hydrogens (tertiary/aromatic N) is 1. The molecule has 0 spiro atoms. The van der Waals surface area contributed by atoms with E-state index in [-0.39, 0.29) is 0 Å². The van der Waals surface area contributed by atoms with Gasteiger partial charge in [-0.05, 0) is 73.5 Å². The number of fused-ring (bicyclic) bond motifs is 5. The highest BCUT2D eigenvalue weighted by Crippen LogP contribution is 2.64. The van der Waals surface area contributed by atoms with Crippen LogP contribution in [0.2, 0.25) is 0 Å². The van der Waals surface area contributed by atoms with Gasteiger partial charge in [0.25, 0.3) is 0 Å². The Kier molecular flexibility index (Phi) is 3.61. The van der Waals surface area contributed by atoms with Crippen LogP contribution in [-0.4, -0.2) is 37.1 Å². The number of rotatable bonds is 1. The minimum Gasteiger partial charge on any atom is -0.381 e. The third kappa shape index (κ3) is 2.14. The second-order valence-corrected chi connectivity index (χ2v) is 9.47. The molecule has 0 N–H and O–H groups in total. The van der Waals surface area contributed by atoms with Crippen LogP contribution in [-0.2, 0) is 9.53 Å². The van der Waals surface area contributed by atoms with Gasteiger partial charge in [-0.1, -0.05) is 13.8 Å². The molecular weight excluding hydrogens is 286 g/mol. The average molecular weight is 319 g/mol. The lowest BCUT2D eigenvalue weighted by atomic mass is 9.47. The topological polar surface area (TPSA) is 29.5 Å². The summed E-state index contributed by atoms with van der Waals surface area (Å²) in [4.78, 5) is 14.3. The highest BCUT2D eigenvalue weighted by Gasteiger charge is 2.60. The number of hydrogen-bond acceptors (Lipinski definition) is 2. The van der Waals surface area contributed by atoms with Crippen molar-refractivity contribution in [2.45, 2.75) is 77.4 Å². The van der Waals surface area contributed by atoms with Crippen LogP contribution in [0.1, 0.15) is 65.2 Å². The summed E-state index contributed by atoms with van der Waals surface area (Å²) in [5, 5.41) is 0. The normalized spacial score (nSPS) is 52.8. The van der Waals surface area contributed by atoms with E-state index in [9.17, 15) is 4.79 Å². The number of likely N-dealkylation sites (tertiary alicyclic amines) is 1. The number of methoxy groups -OCH3 is 1. The lowest BCUT2D eigenvalue weighted by Crippen LogP contribution is -2.61. The summed E-state index contributed by atoms with van der Waals surface area (Å²) in [6.45, 7) is 5.03. The molecule has 130 valence electrons. The van der Waals surface area contributed by atoms with Crippen LogP contribution in [0.3, 0.4) is 0 Å². The van der Waals surface area contributed by atoms with E-state index in [0.717, 1.165) is 30.6 Å². The van der Waals surface area contributed by atoms with Gasteiger partial charge in [-0.2, -0.15) is 0 Å². The third-order valence-electron chi connectivity index (χ3n) is 8.62. The molecule has 3 nitrogen and oxygen atoms in total. The van der Waals surface area contributed by atoms with E-state index < -0.39 is 0 Å². The summed E-state index contributed by atoms with van der Waals surface area (Å²) in [6.07, 6.45) is 10.1. The Labute approximate surface area is 141 Å². The molecule has 3 heteroatoms. The molecule has 4 aliphatic rings. The minimum atomic E-state index is 0.345. The maximum absolute atomic E-state index is 12.2. The number of piperidine rings is 1. The Morgan fingerprint density at radius 3 is 2.65 bits per heavy atom. The molecule has 0 aromatic carbocycles. The number of hydrogen-bond donors (Lipinski definition) is 0. The zero-order valence-corrected chi connectivity index (χ0v) is 15.3. The van der Waals surface area contributed by atoms with Gasteiger partial charge < -0.3 is 9.64 Å².